The van der Waals surface area contributed by atoms with E-state index in [1.807, 2.05) is 38.1 Å². The molecular formula is C30H40N4O5S. The first-order valence-corrected chi connectivity index (χ1v) is 15.1. The molecule has 3 aromatic rings. The maximum absolute atomic E-state index is 13.2. The average Bonchev–Trinajstić information content (AvgIpc) is 3.23. The van der Waals surface area contributed by atoms with Gasteiger partial charge in [0.15, 0.2) is 0 Å². The molecule has 2 amide bonds. The highest BCUT2D eigenvalue weighted by Crippen LogP contribution is 2.30. The Labute approximate surface area is 237 Å². The lowest BCUT2D eigenvalue weighted by atomic mass is 10.0. The number of carbonyl (C=O) groups excluding carboxylic acids is 2. The molecule has 2 aromatic carbocycles. The molecule has 1 atom stereocenters. The minimum absolute atomic E-state index is 0.0247. The van der Waals surface area contributed by atoms with E-state index >= 15 is 0 Å². The molecule has 0 bridgehead atoms. The number of nitrogens with zero attached hydrogens (tertiary/aromatic N) is 2. The Morgan fingerprint density at radius 1 is 1.02 bits per heavy atom. The zero-order valence-electron chi connectivity index (χ0n) is 24.2. The van der Waals surface area contributed by atoms with Crippen molar-refractivity contribution in [2.75, 3.05) is 11.8 Å². The van der Waals surface area contributed by atoms with Crippen molar-refractivity contribution >= 4 is 27.7 Å². The minimum Gasteiger partial charge on any atom is -0.350 e. The summed E-state index contributed by atoms with van der Waals surface area (Å²) in [7, 11) is -2.25. The highest BCUT2D eigenvalue weighted by Gasteiger charge is 2.29. The van der Waals surface area contributed by atoms with Crippen molar-refractivity contribution in [2.24, 2.45) is 5.92 Å². The summed E-state index contributed by atoms with van der Waals surface area (Å²) in [5.41, 5.74) is 3.32. The molecule has 2 N–H and O–H groups in total. The summed E-state index contributed by atoms with van der Waals surface area (Å²) in [6.07, 6.45) is 3.27. The van der Waals surface area contributed by atoms with Crippen LogP contribution in [0.5, 0.6) is 0 Å². The molecule has 0 aliphatic rings. The number of likely N-dealkylation sites (N-methyl/N-ethyl adjacent to an activating group) is 1. The molecule has 216 valence electrons. The number of aromatic nitrogens is 1. The quantitative estimate of drug-likeness (QED) is 0.265. The molecule has 0 aliphatic heterocycles. The number of unbranched alkanes of at least 4 members (excludes halogenated alkanes) is 2. The van der Waals surface area contributed by atoms with Crippen molar-refractivity contribution in [3.05, 3.63) is 65.4 Å². The Morgan fingerprint density at radius 2 is 1.70 bits per heavy atom. The van der Waals surface area contributed by atoms with Crippen LogP contribution in [0.4, 0.5) is 5.88 Å². The Morgan fingerprint density at radius 3 is 2.30 bits per heavy atom. The molecule has 9 nitrogen and oxygen atoms in total. The van der Waals surface area contributed by atoms with Crippen LogP contribution in [0.2, 0.25) is 0 Å². The number of amides is 2. The topological polar surface area (TPSA) is 122 Å². The molecule has 3 rings (SSSR count). The Bertz CT molecular complexity index is 1410. The number of carbonyl (C=O) groups is 2. The molecule has 10 heteroatoms. The van der Waals surface area contributed by atoms with Gasteiger partial charge in [-0.25, -0.2) is 13.1 Å². The van der Waals surface area contributed by atoms with Crippen LogP contribution < -0.4 is 10.0 Å². The number of hydrogen-bond donors (Lipinski definition) is 2. The smallest absolute Gasteiger partial charge is 0.264 e. The largest absolute Gasteiger partial charge is 0.350 e. The van der Waals surface area contributed by atoms with Crippen LogP contribution in [-0.4, -0.2) is 43.4 Å². The van der Waals surface area contributed by atoms with E-state index in [1.54, 1.807) is 44.0 Å². The molecule has 0 spiro atoms. The van der Waals surface area contributed by atoms with Crippen LogP contribution in [0.25, 0.3) is 11.1 Å². The highest BCUT2D eigenvalue weighted by molar-refractivity contribution is 7.92. The predicted molar refractivity (Wildman–Crippen MR) is 156 cm³/mol. The van der Waals surface area contributed by atoms with Crippen LogP contribution in [-0.2, 0) is 26.2 Å². The molecule has 0 aliphatic carbocycles. The second-order valence-corrected chi connectivity index (χ2v) is 12.0. The summed E-state index contributed by atoms with van der Waals surface area (Å²) in [5.74, 6) is -0.181. The fourth-order valence-electron chi connectivity index (χ4n) is 4.51. The van der Waals surface area contributed by atoms with Crippen molar-refractivity contribution in [2.45, 2.75) is 77.8 Å². The summed E-state index contributed by atoms with van der Waals surface area (Å²) < 4.78 is 34.1. The molecule has 0 fully saturated rings. The molecule has 1 aromatic heterocycles. The molecule has 0 unspecified atom stereocenters. The third-order valence-electron chi connectivity index (χ3n) is 7.00. The number of sulfonamides is 1. The maximum atomic E-state index is 13.2. The van der Waals surface area contributed by atoms with Gasteiger partial charge in [-0.3, -0.25) is 9.59 Å². The second kappa shape index (κ2) is 13.6. The van der Waals surface area contributed by atoms with Crippen molar-refractivity contribution < 1.29 is 22.5 Å². The molecule has 0 radical (unpaired) electrons. The summed E-state index contributed by atoms with van der Waals surface area (Å²) in [6.45, 7) is 9.71. The van der Waals surface area contributed by atoms with E-state index in [0.717, 1.165) is 24.8 Å². The normalized spacial score (nSPS) is 12.3. The highest BCUT2D eigenvalue weighted by atomic mass is 32.2. The third-order valence-corrected chi connectivity index (χ3v) is 8.39. The predicted octanol–water partition coefficient (Wildman–Crippen LogP) is 5.44. The van der Waals surface area contributed by atoms with Crippen molar-refractivity contribution in [1.82, 2.24) is 15.4 Å². The van der Waals surface area contributed by atoms with Gasteiger partial charge in [0.2, 0.25) is 17.7 Å². The van der Waals surface area contributed by atoms with Crippen molar-refractivity contribution in [1.29, 1.82) is 0 Å². The van der Waals surface area contributed by atoms with E-state index in [4.69, 9.17) is 4.52 Å². The van der Waals surface area contributed by atoms with Crippen LogP contribution in [0.1, 0.15) is 63.3 Å². The molecule has 0 saturated carbocycles. The van der Waals surface area contributed by atoms with E-state index in [2.05, 4.69) is 22.1 Å². The zero-order valence-corrected chi connectivity index (χ0v) is 25.0. The number of benzene rings is 2. The molecule has 1 heterocycles. The van der Waals surface area contributed by atoms with E-state index in [-0.39, 0.29) is 35.1 Å². The lowest BCUT2D eigenvalue weighted by Gasteiger charge is -2.30. The first-order valence-electron chi connectivity index (χ1n) is 13.6. The van der Waals surface area contributed by atoms with Gasteiger partial charge in [-0.05, 0) is 43.4 Å². The molecule has 40 heavy (non-hydrogen) atoms. The van der Waals surface area contributed by atoms with Gasteiger partial charge in [-0.1, -0.05) is 81.2 Å². The van der Waals surface area contributed by atoms with Gasteiger partial charge >= 0.3 is 0 Å². The van der Waals surface area contributed by atoms with E-state index in [1.165, 1.54) is 6.07 Å². The summed E-state index contributed by atoms with van der Waals surface area (Å²) >= 11 is 0. The SMILES string of the molecule is CCCCCC(=O)N(C)[C@H](C(=O)NCc1ccc(-c2ccccc2S(=O)(=O)Nc2onc(C)c2C)cc1)C(C)C. The fraction of sp³-hybridized carbons (Fsp3) is 0.433. The van der Waals surface area contributed by atoms with Gasteiger partial charge < -0.3 is 14.7 Å². The first kappa shape index (κ1) is 30.9. The number of hydrogen-bond acceptors (Lipinski definition) is 6. The Balaban J connectivity index is 1.71. The van der Waals surface area contributed by atoms with E-state index < -0.39 is 16.1 Å². The lowest BCUT2D eigenvalue weighted by Crippen LogP contribution is -2.50. The van der Waals surface area contributed by atoms with Crippen LogP contribution in [0.3, 0.4) is 0 Å². The monoisotopic (exact) mass is 568 g/mol. The Kier molecular flexibility index (Phi) is 10.5. The number of rotatable bonds is 13. The second-order valence-electron chi connectivity index (χ2n) is 10.4. The van der Waals surface area contributed by atoms with Crippen molar-refractivity contribution in [3.63, 3.8) is 0 Å². The lowest BCUT2D eigenvalue weighted by molar-refractivity contribution is -0.140. The summed E-state index contributed by atoms with van der Waals surface area (Å²) in [4.78, 5) is 27.4. The number of anilines is 1. The van der Waals surface area contributed by atoms with Crippen molar-refractivity contribution in [3.8, 4) is 11.1 Å². The number of nitrogens with one attached hydrogen (secondary N) is 2. The van der Waals surface area contributed by atoms with Gasteiger partial charge in [-0.15, -0.1) is 0 Å². The number of aryl methyl sites for hydroxylation is 1. The van der Waals surface area contributed by atoms with Crippen LogP contribution >= 0.6 is 0 Å². The summed E-state index contributed by atoms with van der Waals surface area (Å²) in [6, 6.07) is 13.5. The average molecular weight is 569 g/mol. The van der Waals surface area contributed by atoms with Gasteiger partial charge in [0.25, 0.3) is 10.0 Å². The zero-order chi connectivity index (χ0) is 29.4. The Hall–Kier alpha value is -3.66. The standard InChI is InChI=1S/C30H40N4O5S/c1-7-8-9-14-27(35)34(6)28(20(2)3)29(36)31-19-23-15-17-24(18-16-23)25-12-10-11-13-26(25)40(37,38)33-30-21(4)22(5)32-39-30/h10-13,15-18,20,28,33H,7-9,14,19H2,1-6H3,(H,31,36)/t28-/m0/s1. The van der Waals surface area contributed by atoms with Gasteiger partial charge in [0.1, 0.15) is 6.04 Å². The molecular weight excluding hydrogens is 528 g/mol. The maximum Gasteiger partial charge on any atom is 0.264 e. The van der Waals surface area contributed by atoms with E-state index in [0.29, 0.717) is 28.8 Å². The first-order chi connectivity index (χ1) is 19.0. The summed E-state index contributed by atoms with van der Waals surface area (Å²) in [5, 5.41) is 6.77. The third kappa shape index (κ3) is 7.50. The minimum atomic E-state index is -3.95. The van der Waals surface area contributed by atoms with Gasteiger partial charge in [0.05, 0.1) is 10.6 Å². The van der Waals surface area contributed by atoms with E-state index in [9.17, 15) is 18.0 Å². The van der Waals surface area contributed by atoms with Gasteiger partial charge in [0, 0.05) is 31.1 Å². The molecule has 0 saturated heterocycles. The van der Waals surface area contributed by atoms with Gasteiger partial charge in [-0.2, -0.15) is 0 Å². The van der Waals surface area contributed by atoms with Crippen LogP contribution in [0.15, 0.2) is 57.9 Å². The van der Waals surface area contributed by atoms with Crippen LogP contribution in [0, 0.1) is 19.8 Å². The fourth-order valence-corrected chi connectivity index (χ4v) is 5.78.